The average molecular weight is 745 g/mol. The van der Waals surface area contributed by atoms with E-state index in [9.17, 15) is 10.2 Å². The number of aromatic nitrogens is 2. The van der Waals surface area contributed by atoms with Crippen molar-refractivity contribution in [2.24, 2.45) is 15.9 Å². The Kier molecular flexibility index (Phi) is 12.3. The van der Waals surface area contributed by atoms with Gasteiger partial charge >= 0.3 is 0 Å². The molecule has 1 unspecified atom stereocenters. The molecular weight excluding hydrogens is 696 g/mol. The summed E-state index contributed by atoms with van der Waals surface area (Å²) in [5.74, 6) is 1.69. The second kappa shape index (κ2) is 17.8. The van der Waals surface area contributed by atoms with Gasteiger partial charge in [0.05, 0.1) is 29.1 Å². The number of para-hydroxylation sites is 1. The molecule has 54 heavy (non-hydrogen) atoms. The molecule has 0 saturated carbocycles. The Morgan fingerprint density at radius 2 is 1.41 bits per heavy atom. The number of aromatic amines is 2. The minimum absolute atomic E-state index is 0.0819. The van der Waals surface area contributed by atoms with E-state index in [2.05, 4.69) is 48.9 Å². The molecule has 2 fully saturated rings. The number of ether oxygens (including phenoxy) is 1. The lowest BCUT2D eigenvalue weighted by Crippen LogP contribution is -2.34. The van der Waals surface area contributed by atoms with Gasteiger partial charge in [0.15, 0.2) is 11.8 Å². The van der Waals surface area contributed by atoms with Crippen molar-refractivity contribution in [3.05, 3.63) is 113 Å². The molecule has 10 heteroatoms. The predicted octanol–water partition coefficient (Wildman–Crippen LogP) is 9.65. The number of nitrogens with one attached hydrogen (secondary N) is 2. The van der Waals surface area contributed by atoms with Gasteiger partial charge in [0, 0.05) is 58.3 Å². The Hall–Kier alpha value is -5.09. The first-order valence-corrected chi connectivity index (χ1v) is 19.4. The normalized spacial score (nSPS) is 17.0. The zero-order valence-corrected chi connectivity index (χ0v) is 31.6. The zero-order valence-electron chi connectivity index (χ0n) is 30.8. The van der Waals surface area contributed by atoms with Crippen molar-refractivity contribution < 1.29 is 14.9 Å². The molecule has 0 spiro atoms. The summed E-state index contributed by atoms with van der Waals surface area (Å²) >= 11 is 6.07. The second-order valence-electron chi connectivity index (χ2n) is 14.4. The largest absolute Gasteiger partial charge is 0.494 e. The van der Waals surface area contributed by atoms with Crippen LogP contribution in [-0.4, -0.2) is 88.8 Å². The van der Waals surface area contributed by atoms with E-state index in [4.69, 9.17) is 16.3 Å². The van der Waals surface area contributed by atoms with Crippen molar-refractivity contribution >= 4 is 57.2 Å². The SMILES string of the molecule is CN1CCCC(COc2ccc(N=Cc3c(O)[nH]c4ccc(Cl)cc34)cc2)C1.Oc1[nH]c2ccccc2c1C=Nc1ccc(CCN2CCCCC2)cc1. The van der Waals surface area contributed by atoms with Crippen molar-refractivity contribution in [3.63, 3.8) is 0 Å². The van der Waals surface area contributed by atoms with E-state index in [1.165, 1.54) is 57.3 Å². The fourth-order valence-corrected chi connectivity index (χ4v) is 7.50. The van der Waals surface area contributed by atoms with Gasteiger partial charge in [-0.25, -0.2) is 0 Å². The highest BCUT2D eigenvalue weighted by Crippen LogP contribution is 2.30. The highest BCUT2D eigenvalue weighted by atomic mass is 35.5. The number of halogens is 1. The third-order valence-corrected chi connectivity index (χ3v) is 10.6. The van der Waals surface area contributed by atoms with Crippen molar-refractivity contribution in [2.75, 3.05) is 46.4 Å². The molecule has 8 rings (SSSR count). The number of aliphatic imine (C=N–C) groups is 2. The minimum Gasteiger partial charge on any atom is -0.494 e. The predicted molar refractivity (Wildman–Crippen MR) is 222 cm³/mol. The quantitative estimate of drug-likeness (QED) is 0.104. The number of fused-ring (bicyclic) bond motifs is 2. The maximum atomic E-state index is 10.1. The molecule has 6 aromatic rings. The Morgan fingerprint density at radius 1 is 0.759 bits per heavy atom. The van der Waals surface area contributed by atoms with Crippen LogP contribution in [-0.2, 0) is 6.42 Å². The van der Waals surface area contributed by atoms with Gasteiger partial charge in [0.2, 0.25) is 0 Å². The van der Waals surface area contributed by atoms with Gasteiger partial charge < -0.3 is 34.7 Å². The number of hydrogen-bond donors (Lipinski definition) is 4. The molecule has 9 nitrogen and oxygen atoms in total. The van der Waals surface area contributed by atoms with E-state index in [0.29, 0.717) is 16.5 Å². The number of H-pyrrole nitrogens is 2. The van der Waals surface area contributed by atoms with Crippen LogP contribution in [0.5, 0.6) is 17.5 Å². The van der Waals surface area contributed by atoms with Crippen molar-refractivity contribution in [1.29, 1.82) is 0 Å². The van der Waals surface area contributed by atoms with Crippen LogP contribution in [0.15, 0.2) is 101 Å². The lowest BCUT2D eigenvalue weighted by Gasteiger charge is -2.29. The number of likely N-dealkylation sites (tertiary alicyclic amines) is 2. The number of rotatable bonds is 10. The first kappa shape index (κ1) is 37.2. The van der Waals surface area contributed by atoms with Crippen molar-refractivity contribution in [2.45, 2.75) is 38.5 Å². The molecule has 2 saturated heterocycles. The van der Waals surface area contributed by atoms with Crippen LogP contribution < -0.4 is 4.74 Å². The van der Waals surface area contributed by atoms with E-state index >= 15 is 0 Å². The second-order valence-corrected chi connectivity index (χ2v) is 14.9. The molecule has 4 heterocycles. The third kappa shape index (κ3) is 9.71. The summed E-state index contributed by atoms with van der Waals surface area (Å²) in [5.41, 5.74) is 6.13. The summed E-state index contributed by atoms with van der Waals surface area (Å²) in [5, 5.41) is 22.7. The lowest BCUT2D eigenvalue weighted by molar-refractivity contribution is 0.150. The number of nitrogens with zero attached hydrogens (tertiary/aromatic N) is 4. The van der Waals surface area contributed by atoms with Crippen LogP contribution >= 0.6 is 11.6 Å². The number of benzene rings is 4. The van der Waals surface area contributed by atoms with Crippen LogP contribution in [0, 0.1) is 5.92 Å². The van der Waals surface area contributed by atoms with E-state index in [1.807, 2.05) is 72.8 Å². The van der Waals surface area contributed by atoms with Gasteiger partial charge in [-0.05, 0) is 125 Å². The van der Waals surface area contributed by atoms with E-state index in [-0.39, 0.29) is 11.8 Å². The molecular formula is C44H49ClN6O3. The molecule has 280 valence electrons. The topological polar surface area (TPSA) is 112 Å². The first-order valence-electron chi connectivity index (χ1n) is 19.0. The third-order valence-electron chi connectivity index (χ3n) is 10.3. The van der Waals surface area contributed by atoms with E-state index in [0.717, 1.165) is 70.6 Å². The Balaban J connectivity index is 0.000000167. The fraction of sp³-hybridized carbons (Fsp3) is 0.318. The van der Waals surface area contributed by atoms with Crippen LogP contribution in [0.2, 0.25) is 5.02 Å². The van der Waals surface area contributed by atoms with E-state index in [1.54, 1.807) is 18.5 Å². The van der Waals surface area contributed by atoms with Crippen LogP contribution in [0.3, 0.4) is 0 Å². The lowest BCUT2D eigenvalue weighted by atomic mass is 10.00. The molecule has 0 aliphatic carbocycles. The van der Waals surface area contributed by atoms with E-state index < -0.39 is 0 Å². The van der Waals surface area contributed by atoms with Gasteiger partial charge in [-0.3, -0.25) is 9.98 Å². The Labute approximate surface area is 322 Å². The maximum Gasteiger partial charge on any atom is 0.198 e. The molecule has 4 N–H and O–H groups in total. The molecule has 0 bridgehead atoms. The molecule has 0 radical (unpaired) electrons. The van der Waals surface area contributed by atoms with Crippen LogP contribution in [0.4, 0.5) is 11.4 Å². The molecule has 4 aromatic carbocycles. The Morgan fingerprint density at radius 3 is 2.11 bits per heavy atom. The van der Waals surface area contributed by atoms with Crippen molar-refractivity contribution in [3.8, 4) is 17.5 Å². The van der Waals surface area contributed by atoms with Crippen LogP contribution in [0.25, 0.3) is 21.8 Å². The van der Waals surface area contributed by atoms with Gasteiger partial charge in [-0.15, -0.1) is 0 Å². The summed E-state index contributed by atoms with van der Waals surface area (Å²) in [6.45, 7) is 6.66. The highest BCUT2D eigenvalue weighted by Gasteiger charge is 2.18. The number of aromatic hydroxyl groups is 2. The van der Waals surface area contributed by atoms with Crippen molar-refractivity contribution in [1.82, 2.24) is 19.8 Å². The monoisotopic (exact) mass is 744 g/mol. The number of hydrogen-bond acceptors (Lipinski definition) is 7. The van der Waals surface area contributed by atoms with Gasteiger partial charge in [0.25, 0.3) is 0 Å². The van der Waals surface area contributed by atoms with Crippen LogP contribution in [0.1, 0.15) is 48.8 Å². The summed E-state index contributed by atoms with van der Waals surface area (Å²) in [7, 11) is 2.17. The molecule has 2 aliphatic heterocycles. The summed E-state index contributed by atoms with van der Waals surface area (Å²) in [6, 6.07) is 29.4. The highest BCUT2D eigenvalue weighted by molar-refractivity contribution is 6.31. The molecule has 2 aliphatic rings. The minimum atomic E-state index is 0.0819. The molecule has 2 aromatic heterocycles. The number of piperidine rings is 2. The molecule has 1 atom stereocenters. The average Bonchev–Trinajstić information content (AvgIpc) is 3.69. The zero-order chi connectivity index (χ0) is 37.3. The standard InChI is InChI=1S/C22H24ClN3O2.C22H25N3O/c1-26-10-2-3-15(13-26)14-28-18-7-5-17(6-8-18)24-12-20-19-11-16(23)4-9-21(19)25-22(20)27;26-22-20(19-6-2-3-7-21(19)24-22)16-23-18-10-8-17(9-11-18)12-15-25-13-4-1-5-14-25/h4-9,11-12,15,25,27H,2-3,10,13-14H2,1H3;2-3,6-11,16,24,26H,1,4-5,12-15H2. The maximum absolute atomic E-state index is 10.1. The van der Waals surface area contributed by atoms with Gasteiger partial charge in [-0.2, -0.15) is 0 Å². The Bertz CT molecular complexity index is 2180. The summed E-state index contributed by atoms with van der Waals surface area (Å²) < 4.78 is 5.95. The smallest absolute Gasteiger partial charge is 0.198 e. The summed E-state index contributed by atoms with van der Waals surface area (Å²) in [4.78, 5) is 19.9. The first-order chi connectivity index (χ1) is 26.4. The summed E-state index contributed by atoms with van der Waals surface area (Å²) in [6.07, 6.45) is 11.0. The molecule has 0 amide bonds. The van der Waals surface area contributed by atoms with Gasteiger partial charge in [-0.1, -0.05) is 48.4 Å². The van der Waals surface area contributed by atoms with Gasteiger partial charge in [0.1, 0.15) is 5.75 Å². The fourth-order valence-electron chi connectivity index (χ4n) is 7.33.